The summed E-state index contributed by atoms with van der Waals surface area (Å²) in [6, 6.07) is 0. The predicted octanol–water partition coefficient (Wildman–Crippen LogP) is 1.51. The summed E-state index contributed by atoms with van der Waals surface area (Å²) >= 11 is 0. The maximum Gasteiger partial charge on any atom is 0.407 e. The zero-order chi connectivity index (χ0) is 11.0. The van der Waals surface area contributed by atoms with Crippen LogP contribution >= 0.6 is 0 Å². The average molecular weight is 202 g/mol. The Morgan fingerprint density at radius 1 is 1.43 bits per heavy atom. The number of hydrogen-bond acceptors (Lipinski definition) is 3. The largest absolute Gasteiger partial charge is 0.450 e. The van der Waals surface area contributed by atoms with E-state index in [1.807, 2.05) is 20.9 Å². The van der Waals surface area contributed by atoms with Crippen molar-refractivity contribution in [1.82, 2.24) is 10.6 Å². The Morgan fingerprint density at radius 3 is 2.57 bits per heavy atom. The number of carbonyl (C=O) groups excluding carboxylic acids is 1. The van der Waals surface area contributed by atoms with E-state index in [2.05, 4.69) is 17.6 Å². The molecule has 4 heteroatoms. The van der Waals surface area contributed by atoms with Crippen LogP contribution in [0.4, 0.5) is 4.79 Å². The number of nitrogens with one attached hydrogen (secondary N) is 2. The molecule has 0 aliphatic heterocycles. The van der Waals surface area contributed by atoms with Gasteiger partial charge in [-0.15, -0.1) is 0 Å². The number of amides is 1. The van der Waals surface area contributed by atoms with Crippen LogP contribution < -0.4 is 10.6 Å². The molecule has 0 aliphatic carbocycles. The zero-order valence-corrected chi connectivity index (χ0v) is 9.64. The van der Waals surface area contributed by atoms with Crippen molar-refractivity contribution in [3.8, 4) is 0 Å². The molecule has 1 amide bonds. The fraction of sp³-hybridized carbons (Fsp3) is 0.900. The van der Waals surface area contributed by atoms with Gasteiger partial charge in [0, 0.05) is 6.54 Å². The van der Waals surface area contributed by atoms with Gasteiger partial charge in [0.1, 0.15) is 0 Å². The van der Waals surface area contributed by atoms with Crippen LogP contribution in [-0.4, -0.2) is 31.8 Å². The third-order valence-electron chi connectivity index (χ3n) is 1.79. The SMILES string of the molecule is CCCCOC(=O)NC(C)(C)CNC. The van der Waals surface area contributed by atoms with Crippen molar-refractivity contribution in [2.75, 3.05) is 20.2 Å². The molecule has 0 atom stereocenters. The maximum absolute atomic E-state index is 11.2. The molecule has 0 aliphatic rings. The highest BCUT2D eigenvalue weighted by Gasteiger charge is 2.19. The molecular formula is C10H22N2O2. The van der Waals surface area contributed by atoms with Crippen molar-refractivity contribution >= 4 is 6.09 Å². The summed E-state index contributed by atoms with van der Waals surface area (Å²) in [6.45, 7) is 7.18. The van der Waals surface area contributed by atoms with E-state index in [1.165, 1.54) is 0 Å². The molecule has 0 fully saturated rings. The molecule has 0 aromatic carbocycles. The first-order valence-corrected chi connectivity index (χ1v) is 5.11. The van der Waals surface area contributed by atoms with E-state index in [1.54, 1.807) is 0 Å². The zero-order valence-electron chi connectivity index (χ0n) is 9.64. The highest BCUT2D eigenvalue weighted by molar-refractivity contribution is 5.68. The number of hydrogen-bond donors (Lipinski definition) is 2. The number of unbranched alkanes of at least 4 members (excludes halogenated alkanes) is 1. The van der Waals surface area contributed by atoms with Gasteiger partial charge in [0.15, 0.2) is 0 Å². The van der Waals surface area contributed by atoms with Crippen LogP contribution in [0.5, 0.6) is 0 Å². The van der Waals surface area contributed by atoms with Crippen LogP contribution in [0, 0.1) is 0 Å². The third kappa shape index (κ3) is 6.71. The number of likely N-dealkylation sites (N-methyl/N-ethyl adjacent to an activating group) is 1. The van der Waals surface area contributed by atoms with Crippen molar-refractivity contribution in [2.45, 2.75) is 39.2 Å². The second-order valence-corrected chi connectivity index (χ2v) is 4.03. The van der Waals surface area contributed by atoms with Gasteiger partial charge in [-0.3, -0.25) is 0 Å². The lowest BCUT2D eigenvalue weighted by atomic mass is 10.1. The molecule has 2 N–H and O–H groups in total. The van der Waals surface area contributed by atoms with E-state index in [0.717, 1.165) is 19.4 Å². The molecule has 0 bridgehead atoms. The lowest BCUT2D eigenvalue weighted by molar-refractivity contribution is 0.134. The lowest BCUT2D eigenvalue weighted by Gasteiger charge is -2.25. The molecule has 84 valence electrons. The van der Waals surface area contributed by atoms with Crippen LogP contribution in [0.3, 0.4) is 0 Å². The molecule has 0 aromatic heterocycles. The summed E-state index contributed by atoms with van der Waals surface area (Å²) in [5.74, 6) is 0. The second-order valence-electron chi connectivity index (χ2n) is 4.03. The molecule has 0 saturated carbocycles. The normalized spacial score (nSPS) is 11.1. The highest BCUT2D eigenvalue weighted by atomic mass is 16.5. The first-order chi connectivity index (χ1) is 6.52. The fourth-order valence-corrected chi connectivity index (χ4v) is 1.11. The van der Waals surface area contributed by atoms with Gasteiger partial charge >= 0.3 is 6.09 Å². The monoisotopic (exact) mass is 202 g/mol. The molecular weight excluding hydrogens is 180 g/mol. The number of carbonyl (C=O) groups is 1. The van der Waals surface area contributed by atoms with Crippen LogP contribution in [0.1, 0.15) is 33.6 Å². The Kier molecular flexibility index (Phi) is 6.28. The molecule has 4 nitrogen and oxygen atoms in total. The topological polar surface area (TPSA) is 50.4 Å². The Hall–Kier alpha value is -0.770. The molecule has 0 unspecified atom stereocenters. The van der Waals surface area contributed by atoms with Crippen molar-refractivity contribution < 1.29 is 9.53 Å². The first-order valence-electron chi connectivity index (χ1n) is 5.11. The molecule has 0 saturated heterocycles. The van der Waals surface area contributed by atoms with Crippen LogP contribution in [0.25, 0.3) is 0 Å². The van der Waals surface area contributed by atoms with Gasteiger partial charge in [-0.25, -0.2) is 4.79 Å². The van der Waals surface area contributed by atoms with Crippen LogP contribution in [0.15, 0.2) is 0 Å². The average Bonchev–Trinajstić information content (AvgIpc) is 2.03. The second kappa shape index (κ2) is 6.65. The van der Waals surface area contributed by atoms with E-state index >= 15 is 0 Å². The quantitative estimate of drug-likeness (QED) is 0.642. The van der Waals surface area contributed by atoms with Crippen molar-refractivity contribution in [1.29, 1.82) is 0 Å². The van der Waals surface area contributed by atoms with Crippen molar-refractivity contribution in [3.05, 3.63) is 0 Å². The number of ether oxygens (including phenoxy) is 1. The van der Waals surface area contributed by atoms with Gasteiger partial charge in [-0.1, -0.05) is 13.3 Å². The van der Waals surface area contributed by atoms with E-state index in [9.17, 15) is 4.79 Å². The van der Waals surface area contributed by atoms with Gasteiger partial charge in [0.05, 0.1) is 12.1 Å². The van der Waals surface area contributed by atoms with Crippen LogP contribution in [0.2, 0.25) is 0 Å². The van der Waals surface area contributed by atoms with Gasteiger partial charge in [-0.2, -0.15) is 0 Å². The Labute approximate surface area is 86.4 Å². The number of rotatable bonds is 6. The van der Waals surface area contributed by atoms with Gasteiger partial charge in [0.25, 0.3) is 0 Å². The Balaban J connectivity index is 3.69. The highest BCUT2D eigenvalue weighted by Crippen LogP contribution is 2.00. The summed E-state index contributed by atoms with van der Waals surface area (Å²) in [6.07, 6.45) is 1.62. The minimum absolute atomic E-state index is 0.266. The van der Waals surface area contributed by atoms with Crippen molar-refractivity contribution in [2.24, 2.45) is 0 Å². The fourth-order valence-electron chi connectivity index (χ4n) is 1.11. The molecule has 0 rings (SSSR count). The lowest BCUT2D eigenvalue weighted by Crippen LogP contribution is -2.49. The predicted molar refractivity (Wildman–Crippen MR) is 57.4 cm³/mol. The Bertz CT molecular complexity index is 170. The van der Waals surface area contributed by atoms with Crippen LogP contribution in [-0.2, 0) is 4.74 Å². The molecule has 0 radical (unpaired) electrons. The maximum atomic E-state index is 11.2. The molecule has 0 spiro atoms. The van der Waals surface area contributed by atoms with E-state index in [0.29, 0.717) is 6.61 Å². The van der Waals surface area contributed by atoms with E-state index in [-0.39, 0.29) is 11.6 Å². The first kappa shape index (κ1) is 13.2. The molecule has 0 heterocycles. The standard InChI is InChI=1S/C10H22N2O2/c1-5-6-7-14-9(13)12-10(2,3)8-11-4/h11H,5-8H2,1-4H3,(H,12,13). The van der Waals surface area contributed by atoms with Gasteiger partial charge in [0.2, 0.25) is 0 Å². The van der Waals surface area contributed by atoms with Gasteiger partial charge in [-0.05, 0) is 27.3 Å². The summed E-state index contributed by atoms with van der Waals surface area (Å²) in [7, 11) is 1.85. The van der Waals surface area contributed by atoms with Gasteiger partial charge < -0.3 is 15.4 Å². The third-order valence-corrected chi connectivity index (χ3v) is 1.79. The summed E-state index contributed by atoms with van der Waals surface area (Å²) in [5, 5.41) is 5.80. The summed E-state index contributed by atoms with van der Waals surface area (Å²) in [5.41, 5.74) is -0.266. The van der Waals surface area contributed by atoms with E-state index in [4.69, 9.17) is 4.74 Å². The smallest absolute Gasteiger partial charge is 0.407 e. The summed E-state index contributed by atoms with van der Waals surface area (Å²) in [4.78, 5) is 11.2. The van der Waals surface area contributed by atoms with E-state index < -0.39 is 0 Å². The number of alkyl carbamates (subject to hydrolysis) is 1. The Morgan fingerprint density at radius 2 is 2.07 bits per heavy atom. The minimum Gasteiger partial charge on any atom is -0.450 e. The summed E-state index contributed by atoms with van der Waals surface area (Å²) < 4.78 is 4.99. The molecule has 0 aromatic rings. The molecule has 14 heavy (non-hydrogen) atoms. The minimum atomic E-state index is -0.335. The van der Waals surface area contributed by atoms with Crippen molar-refractivity contribution in [3.63, 3.8) is 0 Å².